The van der Waals surface area contributed by atoms with E-state index in [2.05, 4.69) is 52.2 Å². The number of epoxide rings is 6. The number of rotatable bonds is 17. The van der Waals surface area contributed by atoms with E-state index in [9.17, 15) is 28.8 Å². The number of hydrogen-bond donors (Lipinski definition) is 2. The number of amides is 2. The van der Waals surface area contributed by atoms with E-state index in [0.717, 1.165) is 35.1 Å². The van der Waals surface area contributed by atoms with Crippen molar-refractivity contribution in [2.24, 2.45) is 34.5 Å². The van der Waals surface area contributed by atoms with Crippen LogP contribution in [0.5, 0.6) is 0 Å². The third-order valence-electron chi connectivity index (χ3n) is 20.8. The Morgan fingerprint density at radius 2 is 1.01 bits per heavy atom. The molecule has 0 aromatic carbocycles. The van der Waals surface area contributed by atoms with Crippen LogP contribution in [0.25, 0.3) is 0 Å². The molecule has 4 spiro atoms. The molecule has 0 aromatic heterocycles. The largest absolute Gasteiger partial charge is 0.458 e. The number of esters is 4. The Morgan fingerprint density at radius 1 is 0.597 bits per heavy atom. The zero-order valence-electron chi connectivity index (χ0n) is 41.6. The molecule has 18 atom stereocenters. The lowest BCUT2D eigenvalue weighted by atomic mass is 9.46. The minimum absolute atomic E-state index is 0.0219. The van der Waals surface area contributed by atoms with Gasteiger partial charge in [0.1, 0.15) is 60.0 Å². The smallest absolute Gasteiger partial charge is 0.334 e. The zero-order valence-corrected chi connectivity index (χ0v) is 43.2. The van der Waals surface area contributed by atoms with Crippen LogP contribution < -0.4 is 10.6 Å². The predicted octanol–water partition coefficient (Wildman–Crippen LogP) is 3.50. The highest BCUT2D eigenvalue weighted by Gasteiger charge is 3.03. The SMILES string of the molecule is CC(C)[C@]12OC1[C@@H]1O[C@]13[C@]1(O[C@H]1CC1C4=C(CC[C@@]13C)C(=O)OC4)[C@@H]2OC(=O)CCC(=O)NCCSSCCNC(=O)CCC(=O)O[C@H]1[C@]2(C(C)C)OC2[C@H]2O[C@@]23[C@@]12O[C@@H]2CC1C2=C(CC[C@]13C)C(=O)OC2. The first-order chi connectivity index (χ1) is 34.4. The van der Waals surface area contributed by atoms with Crippen molar-refractivity contribution >= 4 is 57.3 Å². The van der Waals surface area contributed by atoms with Crippen LogP contribution in [0, 0.1) is 34.5 Å². The lowest BCUT2D eigenvalue weighted by molar-refractivity contribution is -0.170. The van der Waals surface area contributed by atoms with Gasteiger partial charge in [-0.25, -0.2) is 9.59 Å². The third kappa shape index (κ3) is 5.66. The number of ether oxygens (including phenoxy) is 10. The Labute approximate surface area is 425 Å². The van der Waals surface area contributed by atoms with Crippen molar-refractivity contribution in [3.63, 3.8) is 0 Å². The van der Waals surface area contributed by atoms with Crippen molar-refractivity contribution in [3.8, 4) is 0 Å². The summed E-state index contributed by atoms with van der Waals surface area (Å²) in [6.45, 7) is 14.2. The lowest BCUT2D eigenvalue weighted by Gasteiger charge is -2.53. The fraction of sp³-hybridized carbons (Fsp3) is 0.808. The van der Waals surface area contributed by atoms with Gasteiger partial charge >= 0.3 is 23.9 Å². The van der Waals surface area contributed by atoms with Crippen LogP contribution in [0.4, 0.5) is 0 Å². The van der Waals surface area contributed by atoms with E-state index < -0.39 is 57.8 Å². The predicted molar refractivity (Wildman–Crippen MR) is 251 cm³/mol. The molecule has 18 nitrogen and oxygen atoms in total. The highest BCUT2D eigenvalue weighted by molar-refractivity contribution is 8.76. The molecule has 0 aromatic rings. The van der Waals surface area contributed by atoms with Gasteiger partial charge in [-0.15, -0.1) is 0 Å². The van der Waals surface area contributed by atoms with Gasteiger partial charge in [0.15, 0.2) is 23.4 Å². The number of carbonyl (C=O) groups is 6. The summed E-state index contributed by atoms with van der Waals surface area (Å²) in [4.78, 5) is 78.1. The van der Waals surface area contributed by atoms with Gasteiger partial charge in [0, 0.05) is 59.4 Å². The van der Waals surface area contributed by atoms with Gasteiger partial charge in [-0.05, 0) is 73.3 Å². The summed E-state index contributed by atoms with van der Waals surface area (Å²) < 4.78 is 63.8. The summed E-state index contributed by atoms with van der Waals surface area (Å²) in [5, 5.41) is 5.80. The van der Waals surface area contributed by atoms with Crippen molar-refractivity contribution in [2.75, 3.05) is 37.8 Å². The van der Waals surface area contributed by atoms with E-state index >= 15 is 0 Å². The van der Waals surface area contributed by atoms with Crippen LogP contribution in [-0.2, 0) is 76.1 Å². The molecule has 14 rings (SSSR count). The molecule has 4 saturated carbocycles. The fourth-order valence-electron chi connectivity index (χ4n) is 17.3. The normalized spacial score (nSPS) is 48.7. The average Bonchev–Trinajstić information content (AvgIpc) is 4.08. The quantitative estimate of drug-likeness (QED) is 0.0697. The van der Waals surface area contributed by atoms with Crippen LogP contribution in [0.2, 0.25) is 0 Å². The van der Waals surface area contributed by atoms with Gasteiger partial charge in [0.25, 0.3) is 0 Å². The van der Waals surface area contributed by atoms with E-state index in [1.165, 1.54) is 0 Å². The van der Waals surface area contributed by atoms with Crippen LogP contribution in [0.3, 0.4) is 0 Å². The monoisotopic (exact) mass is 1040 g/mol. The Hall–Kier alpha value is -3.24. The molecule has 14 aliphatic rings. The number of hydrogen-bond acceptors (Lipinski definition) is 18. The zero-order chi connectivity index (χ0) is 49.9. The van der Waals surface area contributed by atoms with Crippen molar-refractivity contribution in [3.05, 3.63) is 22.3 Å². The molecule has 2 N–H and O–H groups in total. The molecule has 0 bridgehead atoms. The molecular formula is C52H64N2O16S2. The highest BCUT2D eigenvalue weighted by Crippen LogP contribution is 2.85. The van der Waals surface area contributed by atoms with Crippen molar-refractivity contribution in [1.29, 1.82) is 0 Å². The van der Waals surface area contributed by atoms with Crippen molar-refractivity contribution in [1.82, 2.24) is 10.6 Å². The molecule has 6 saturated heterocycles. The average molecular weight is 1040 g/mol. The standard InChI is InChI=1S/C52H64N2O16S2/c1-23(2)47-37(67-47)39-51(69-39)45(5)13-11-25-27(21-61-41(25)59)29(45)19-31-49(51,65-31)43(47)63-35(57)9-7-33(55)53-15-17-71-72-18-16-54-34(56)8-10-36(58)64-44-48(24(3)4)38(68-48)40-52(70-40)46(6)14-12-26-28(22-62-42(26)60)30(46)20-32-50(44,52)66-32/h23-24,29-32,37-40,43-44H,7-22H2,1-6H3,(H,53,55)(H,54,56)/t29?,30?,31-,32+,37?,38?,39-,40+,43+,44-,45-,46+,47-,48+,49+,50-,51+,52-. The molecule has 8 aliphatic heterocycles. The van der Waals surface area contributed by atoms with Crippen LogP contribution in [-0.4, -0.2) is 156 Å². The van der Waals surface area contributed by atoms with Gasteiger partial charge in [-0.3, -0.25) is 19.2 Å². The molecule has 4 unspecified atom stereocenters. The van der Waals surface area contributed by atoms with Crippen molar-refractivity contribution in [2.45, 2.75) is 188 Å². The van der Waals surface area contributed by atoms with Crippen LogP contribution >= 0.6 is 21.6 Å². The van der Waals surface area contributed by atoms with Gasteiger partial charge in [0.2, 0.25) is 11.8 Å². The maximum absolute atomic E-state index is 13.6. The van der Waals surface area contributed by atoms with E-state index in [1.807, 2.05) is 0 Å². The summed E-state index contributed by atoms with van der Waals surface area (Å²) in [6.07, 6.45) is 1.27. The van der Waals surface area contributed by atoms with Crippen molar-refractivity contribution < 1.29 is 76.1 Å². The van der Waals surface area contributed by atoms with Gasteiger partial charge in [0.05, 0.1) is 25.0 Å². The van der Waals surface area contributed by atoms with E-state index in [4.69, 9.17) is 47.4 Å². The Morgan fingerprint density at radius 3 is 1.42 bits per heavy atom. The Bertz CT molecular complexity index is 2420. The fourth-order valence-corrected chi connectivity index (χ4v) is 19.1. The second-order valence-corrected chi connectivity index (χ2v) is 26.8. The molecule has 390 valence electrons. The topological polar surface area (TPSA) is 239 Å². The molecule has 0 radical (unpaired) electrons. The summed E-state index contributed by atoms with van der Waals surface area (Å²) in [5.41, 5.74) is -1.52. The first kappa shape index (κ1) is 47.2. The summed E-state index contributed by atoms with van der Waals surface area (Å²) in [7, 11) is 3.13. The first-order valence-electron chi connectivity index (χ1n) is 26.4. The molecule has 2 amide bonds. The molecule has 8 heterocycles. The molecule has 6 aliphatic carbocycles. The number of cyclic esters (lactones) is 2. The van der Waals surface area contributed by atoms with E-state index in [0.29, 0.717) is 63.5 Å². The highest BCUT2D eigenvalue weighted by atomic mass is 33.1. The molecule has 20 heteroatoms. The van der Waals surface area contributed by atoms with E-state index in [-0.39, 0.29) is 121 Å². The minimum Gasteiger partial charge on any atom is -0.458 e. The van der Waals surface area contributed by atoms with E-state index in [1.54, 1.807) is 21.6 Å². The summed E-state index contributed by atoms with van der Waals surface area (Å²) >= 11 is 0. The molecule has 10 fully saturated rings. The van der Waals surface area contributed by atoms with Gasteiger partial charge < -0.3 is 58.0 Å². The summed E-state index contributed by atoms with van der Waals surface area (Å²) in [6, 6.07) is 0. The van der Waals surface area contributed by atoms with Gasteiger partial charge in [-0.2, -0.15) is 0 Å². The first-order valence-corrected chi connectivity index (χ1v) is 28.9. The molecule has 72 heavy (non-hydrogen) atoms. The minimum atomic E-state index is -0.847. The number of fused-ring (bicyclic) bond motifs is 8. The third-order valence-corrected chi connectivity index (χ3v) is 23.2. The second-order valence-electron chi connectivity index (χ2n) is 24.1. The summed E-state index contributed by atoms with van der Waals surface area (Å²) in [5.74, 6) is -0.445. The Balaban J connectivity index is 0.514. The molecular weight excluding hydrogens is 973 g/mol. The lowest BCUT2D eigenvalue weighted by Crippen LogP contribution is -2.70. The maximum atomic E-state index is 13.6. The van der Waals surface area contributed by atoms with Crippen LogP contribution in [0.15, 0.2) is 22.3 Å². The van der Waals surface area contributed by atoms with Gasteiger partial charge in [-0.1, -0.05) is 63.1 Å². The maximum Gasteiger partial charge on any atom is 0.334 e. The van der Waals surface area contributed by atoms with Crippen LogP contribution in [0.1, 0.15) is 106 Å². The number of carbonyl (C=O) groups excluding carboxylic acids is 6. The second kappa shape index (κ2) is 15.2. The Kier molecular flexibility index (Phi) is 10.00. The number of nitrogens with one attached hydrogen (secondary N) is 2.